The maximum atomic E-state index is 12.8. The highest BCUT2D eigenvalue weighted by Crippen LogP contribution is 2.40. The molecule has 0 saturated heterocycles. The summed E-state index contributed by atoms with van der Waals surface area (Å²) in [5.41, 5.74) is 1.17. The van der Waals surface area contributed by atoms with Crippen molar-refractivity contribution in [2.45, 2.75) is 13.0 Å². The fourth-order valence-electron chi connectivity index (χ4n) is 2.51. The third-order valence-electron chi connectivity index (χ3n) is 3.67. The van der Waals surface area contributed by atoms with Gasteiger partial charge >= 0.3 is 6.47 Å². The second kappa shape index (κ2) is 7.42. The minimum Gasteiger partial charge on any atom is -0.493 e. The molecule has 1 aromatic carbocycles. The number of rotatable bonds is 6. The number of hydroxylamine groups is 1. The second-order valence-corrected chi connectivity index (χ2v) is 4.94. The Bertz CT molecular complexity index is 720. The highest BCUT2D eigenvalue weighted by atomic mass is 16.7. The molecule has 1 aliphatic rings. The molecule has 0 aliphatic carbocycles. The fraction of sp³-hybridized carbons (Fsp3) is 0.294. The number of terminal acetylenes is 1. The van der Waals surface area contributed by atoms with Crippen molar-refractivity contribution in [3.63, 3.8) is 0 Å². The summed E-state index contributed by atoms with van der Waals surface area (Å²) in [5, 5.41) is 4.21. The van der Waals surface area contributed by atoms with Crippen molar-refractivity contribution in [2.24, 2.45) is 0 Å². The van der Waals surface area contributed by atoms with Gasteiger partial charge < -0.3 is 19.6 Å². The Morgan fingerprint density at radius 1 is 1.33 bits per heavy atom. The van der Waals surface area contributed by atoms with Gasteiger partial charge in [-0.25, -0.2) is 0 Å². The van der Waals surface area contributed by atoms with E-state index >= 15 is 0 Å². The summed E-state index contributed by atoms with van der Waals surface area (Å²) < 4.78 is 10.5. The van der Waals surface area contributed by atoms with Crippen LogP contribution in [0.1, 0.15) is 17.3 Å². The topological polar surface area (TPSA) is 77.1 Å². The average molecular weight is 330 g/mol. The molecule has 126 valence electrons. The van der Waals surface area contributed by atoms with Gasteiger partial charge in [0.1, 0.15) is 0 Å². The van der Waals surface area contributed by atoms with Crippen LogP contribution in [0.25, 0.3) is 0 Å². The number of hydrogen-bond donors (Lipinski definition) is 1. The molecule has 7 nitrogen and oxygen atoms in total. The van der Waals surface area contributed by atoms with Crippen molar-refractivity contribution in [1.29, 1.82) is 0 Å². The monoisotopic (exact) mass is 330 g/mol. The van der Waals surface area contributed by atoms with Crippen molar-refractivity contribution in [2.75, 3.05) is 25.8 Å². The summed E-state index contributed by atoms with van der Waals surface area (Å²) in [6, 6.07) is 2.65. The first kappa shape index (κ1) is 17.2. The number of carbonyl (C=O) groups excluding carboxylic acids is 2. The molecule has 0 radical (unpaired) electrons. The summed E-state index contributed by atoms with van der Waals surface area (Å²) in [7, 11) is 2.96. The van der Waals surface area contributed by atoms with Crippen molar-refractivity contribution < 1.29 is 23.9 Å². The minimum absolute atomic E-state index is 0.214. The van der Waals surface area contributed by atoms with Crippen LogP contribution in [-0.2, 0) is 9.63 Å². The Hall–Kier alpha value is -3.14. The first-order chi connectivity index (χ1) is 11.6. The van der Waals surface area contributed by atoms with Crippen LogP contribution < -0.4 is 19.9 Å². The van der Waals surface area contributed by atoms with Gasteiger partial charge in [-0.05, 0) is 13.0 Å². The number of methoxy groups -OCH3 is 2. The van der Waals surface area contributed by atoms with Gasteiger partial charge in [0.2, 0.25) is 0 Å². The van der Waals surface area contributed by atoms with E-state index in [1.807, 2.05) is 0 Å². The molecule has 1 unspecified atom stereocenters. The minimum atomic E-state index is -0.501. The SMILES string of the molecule is C#CCNC=C1C(=O)c2cc(OC)c(OC)cc2N(OC=O)C1C. The Morgan fingerprint density at radius 3 is 2.58 bits per heavy atom. The van der Waals surface area contributed by atoms with Gasteiger partial charge in [0.15, 0.2) is 17.3 Å². The molecule has 0 fully saturated rings. The molecule has 24 heavy (non-hydrogen) atoms. The lowest BCUT2D eigenvalue weighted by molar-refractivity contribution is -0.130. The number of anilines is 1. The van der Waals surface area contributed by atoms with Gasteiger partial charge in [0, 0.05) is 17.8 Å². The smallest absolute Gasteiger partial charge is 0.320 e. The predicted molar refractivity (Wildman–Crippen MR) is 87.9 cm³/mol. The van der Waals surface area contributed by atoms with Crippen LogP contribution in [0.15, 0.2) is 23.9 Å². The van der Waals surface area contributed by atoms with Crippen LogP contribution in [0.4, 0.5) is 5.69 Å². The number of hydrogen-bond acceptors (Lipinski definition) is 7. The summed E-state index contributed by atoms with van der Waals surface area (Å²) in [5.74, 6) is 3.04. The lowest BCUT2D eigenvalue weighted by Gasteiger charge is -2.35. The summed E-state index contributed by atoms with van der Waals surface area (Å²) in [6.07, 6.45) is 6.73. The van der Waals surface area contributed by atoms with Crippen molar-refractivity contribution in [1.82, 2.24) is 5.32 Å². The predicted octanol–water partition coefficient (Wildman–Crippen LogP) is 1.29. The second-order valence-electron chi connectivity index (χ2n) is 4.94. The number of nitrogens with one attached hydrogen (secondary N) is 1. The highest BCUT2D eigenvalue weighted by molar-refractivity contribution is 6.15. The van der Waals surface area contributed by atoms with Crippen LogP contribution in [0.5, 0.6) is 11.5 Å². The van der Waals surface area contributed by atoms with E-state index in [0.717, 1.165) is 0 Å². The summed E-state index contributed by atoms with van der Waals surface area (Å²) >= 11 is 0. The van der Waals surface area contributed by atoms with Gasteiger partial charge in [0.05, 0.1) is 38.1 Å². The van der Waals surface area contributed by atoms with Gasteiger partial charge in [-0.2, -0.15) is 5.06 Å². The van der Waals surface area contributed by atoms with E-state index in [1.165, 1.54) is 25.5 Å². The van der Waals surface area contributed by atoms with E-state index in [9.17, 15) is 9.59 Å². The van der Waals surface area contributed by atoms with Crippen LogP contribution in [0, 0.1) is 12.3 Å². The van der Waals surface area contributed by atoms with E-state index in [1.54, 1.807) is 19.1 Å². The molecule has 1 N–H and O–H groups in total. The normalized spacial score (nSPS) is 17.8. The molecule has 1 heterocycles. The number of nitrogens with zero attached hydrogens (tertiary/aromatic N) is 1. The highest BCUT2D eigenvalue weighted by Gasteiger charge is 2.36. The van der Waals surface area contributed by atoms with Crippen LogP contribution in [0.3, 0.4) is 0 Å². The quantitative estimate of drug-likeness (QED) is 0.364. The van der Waals surface area contributed by atoms with Crippen molar-refractivity contribution in [3.05, 3.63) is 29.5 Å². The van der Waals surface area contributed by atoms with Gasteiger partial charge in [-0.15, -0.1) is 6.42 Å². The van der Waals surface area contributed by atoms with E-state index in [-0.39, 0.29) is 12.3 Å². The molecule has 0 aromatic heterocycles. The Kier molecular flexibility index (Phi) is 5.32. The molecule has 1 atom stereocenters. The van der Waals surface area contributed by atoms with E-state index in [0.29, 0.717) is 34.8 Å². The summed E-state index contributed by atoms with van der Waals surface area (Å²) in [6.45, 7) is 2.32. The molecular weight excluding hydrogens is 312 g/mol. The Labute approximate surface area is 140 Å². The molecule has 0 spiro atoms. The number of ketones is 1. The number of benzene rings is 1. The summed E-state index contributed by atoms with van der Waals surface area (Å²) in [4.78, 5) is 28.8. The number of carbonyl (C=O) groups is 2. The Morgan fingerprint density at radius 2 is 2.00 bits per heavy atom. The molecule has 1 aromatic rings. The fourth-order valence-corrected chi connectivity index (χ4v) is 2.51. The molecule has 1 aliphatic heterocycles. The van der Waals surface area contributed by atoms with Crippen LogP contribution in [-0.4, -0.2) is 39.1 Å². The van der Waals surface area contributed by atoms with Gasteiger partial charge in [0.25, 0.3) is 0 Å². The average Bonchev–Trinajstić information content (AvgIpc) is 2.60. The van der Waals surface area contributed by atoms with E-state index in [4.69, 9.17) is 20.7 Å². The third kappa shape index (κ3) is 2.99. The van der Waals surface area contributed by atoms with Gasteiger partial charge in [-0.3, -0.25) is 9.59 Å². The van der Waals surface area contributed by atoms with Crippen LogP contribution >= 0.6 is 0 Å². The number of Topliss-reactive ketones (excluding diaryl/α,β-unsaturated/α-hetero) is 1. The lowest BCUT2D eigenvalue weighted by atomic mass is 9.92. The zero-order chi connectivity index (χ0) is 17.7. The van der Waals surface area contributed by atoms with Crippen molar-refractivity contribution >= 4 is 17.9 Å². The van der Waals surface area contributed by atoms with Crippen LogP contribution in [0.2, 0.25) is 0 Å². The molecule has 0 saturated carbocycles. The standard InChI is InChI=1S/C17H18N2O5/c1-5-6-18-9-13-11(2)19(24-10-20)14-8-16(23-4)15(22-3)7-12(14)17(13)21/h1,7-11,18H,6H2,2-4H3. The lowest BCUT2D eigenvalue weighted by Crippen LogP contribution is -2.42. The number of ether oxygens (including phenoxy) is 2. The third-order valence-corrected chi connectivity index (χ3v) is 3.67. The first-order valence-corrected chi connectivity index (χ1v) is 7.16. The molecule has 2 rings (SSSR count). The zero-order valence-corrected chi connectivity index (χ0v) is 13.7. The number of fused-ring (bicyclic) bond motifs is 1. The van der Waals surface area contributed by atoms with Gasteiger partial charge in [-0.1, -0.05) is 5.92 Å². The Balaban J connectivity index is 2.59. The van der Waals surface area contributed by atoms with E-state index < -0.39 is 6.04 Å². The van der Waals surface area contributed by atoms with E-state index in [2.05, 4.69) is 11.2 Å². The molecule has 0 bridgehead atoms. The largest absolute Gasteiger partial charge is 0.493 e. The molecule has 7 heteroatoms. The zero-order valence-electron chi connectivity index (χ0n) is 13.7. The van der Waals surface area contributed by atoms with Crippen molar-refractivity contribution in [3.8, 4) is 23.8 Å². The maximum Gasteiger partial charge on any atom is 0.320 e. The molecule has 0 amide bonds. The first-order valence-electron chi connectivity index (χ1n) is 7.16. The molecular formula is C17H18N2O5. The maximum absolute atomic E-state index is 12.8.